The van der Waals surface area contributed by atoms with Crippen LogP contribution in [0.1, 0.15) is 43.6 Å². The van der Waals surface area contributed by atoms with Gasteiger partial charge in [-0.05, 0) is 25.2 Å². The van der Waals surface area contributed by atoms with Gasteiger partial charge in [0.2, 0.25) is 0 Å². The van der Waals surface area contributed by atoms with E-state index in [2.05, 4.69) is 34.4 Å². The third-order valence-corrected chi connectivity index (χ3v) is 3.43. The number of carbonyl (C=O) groups excluding carboxylic acids is 1. The lowest BCUT2D eigenvalue weighted by Crippen LogP contribution is -2.32. The van der Waals surface area contributed by atoms with E-state index in [1.54, 1.807) is 6.20 Å². The third-order valence-electron chi connectivity index (χ3n) is 3.43. The monoisotopic (exact) mass is 292 g/mol. The van der Waals surface area contributed by atoms with Crippen molar-refractivity contribution in [2.75, 3.05) is 25.0 Å². The summed E-state index contributed by atoms with van der Waals surface area (Å²) in [5.41, 5.74) is 0.336. The van der Waals surface area contributed by atoms with Gasteiger partial charge in [0.25, 0.3) is 5.91 Å². The van der Waals surface area contributed by atoms with Gasteiger partial charge in [-0.25, -0.2) is 9.97 Å². The van der Waals surface area contributed by atoms with Gasteiger partial charge >= 0.3 is 0 Å². The van der Waals surface area contributed by atoms with Gasteiger partial charge in [0.15, 0.2) is 0 Å². The summed E-state index contributed by atoms with van der Waals surface area (Å²) in [6, 6.07) is 0. The summed E-state index contributed by atoms with van der Waals surface area (Å²) in [4.78, 5) is 20.3. The van der Waals surface area contributed by atoms with E-state index in [-0.39, 0.29) is 12.0 Å². The van der Waals surface area contributed by atoms with Crippen molar-refractivity contribution in [2.45, 2.75) is 39.2 Å². The van der Waals surface area contributed by atoms with Crippen molar-refractivity contribution in [3.63, 3.8) is 0 Å². The quantitative estimate of drug-likeness (QED) is 0.802. The van der Waals surface area contributed by atoms with Crippen molar-refractivity contribution >= 4 is 11.7 Å². The van der Waals surface area contributed by atoms with Gasteiger partial charge in [-0.3, -0.25) is 4.79 Å². The highest BCUT2D eigenvalue weighted by Crippen LogP contribution is 2.10. The van der Waals surface area contributed by atoms with Gasteiger partial charge in [-0.1, -0.05) is 13.8 Å². The number of anilines is 1. The first-order chi connectivity index (χ1) is 10.1. The molecule has 21 heavy (non-hydrogen) atoms. The zero-order valence-corrected chi connectivity index (χ0v) is 12.8. The van der Waals surface area contributed by atoms with Crippen molar-refractivity contribution in [1.82, 2.24) is 15.3 Å². The second kappa shape index (κ2) is 7.93. The molecule has 1 aromatic rings. The molecule has 2 N–H and O–H groups in total. The fourth-order valence-corrected chi connectivity index (χ4v) is 2.13. The Kier molecular flexibility index (Phi) is 5.92. The molecule has 1 amide bonds. The first-order valence-corrected chi connectivity index (χ1v) is 7.61. The highest BCUT2D eigenvalue weighted by molar-refractivity contribution is 5.92. The molecule has 116 valence electrons. The van der Waals surface area contributed by atoms with Crippen molar-refractivity contribution in [2.24, 2.45) is 5.92 Å². The largest absolute Gasteiger partial charge is 0.376 e. The first-order valence-electron chi connectivity index (χ1n) is 7.61. The zero-order valence-electron chi connectivity index (χ0n) is 12.8. The second-order valence-corrected chi connectivity index (χ2v) is 5.74. The summed E-state index contributed by atoms with van der Waals surface area (Å²) < 4.78 is 5.46. The summed E-state index contributed by atoms with van der Waals surface area (Å²) in [7, 11) is 0. The van der Waals surface area contributed by atoms with E-state index in [1.165, 1.54) is 6.20 Å². The fraction of sp³-hybridized carbons (Fsp3) is 0.667. The van der Waals surface area contributed by atoms with Crippen LogP contribution < -0.4 is 10.6 Å². The van der Waals surface area contributed by atoms with Crippen molar-refractivity contribution in [1.29, 1.82) is 0 Å². The maximum Gasteiger partial charge on any atom is 0.271 e. The molecule has 1 aliphatic rings. The summed E-state index contributed by atoms with van der Waals surface area (Å²) in [5, 5.41) is 6.03. The number of amides is 1. The van der Waals surface area contributed by atoms with Gasteiger partial charge in [0, 0.05) is 19.7 Å². The van der Waals surface area contributed by atoms with E-state index < -0.39 is 0 Å². The van der Waals surface area contributed by atoms with Gasteiger partial charge in [0.1, 0.15) is 11.5 Å². The van der Waals surface area contributed by atoms with Crippen LogP contribution >= 0.6 is 0 Å². The Bertz CT molecular complexity index is 441. The minimum absolute atomic E-state index is 0.138. The van der Waals surface area contributed by atoms with Crippen molar-refractivity contribution < 1.29 is 9.53 Å². The van der Waals surface area contributed by atoms with E-state index in [0.29, 0.717) is 24.0 Å². The summed E-state index contributed by atoms with van der Waals surface area (Å²) in [6.45, 7) is 6.53. The number of ether oxygens (including phenoxy) is 1. The van der Waals surface area contributed by atoms with Crippen LogP contribution in [0.25, 0.3) is 0 Å². The molecule has 6 nitrogen and oxygen atoms in total. The molecule has 2 heterocycles. The standard InChI is InChI=1S/C15H24N4O2/c1-11(2)5-6-16-14-10-17-13(9-18-14)15(20)19-8-12-4-3-7-21-12/h9-12H,3-8H2,1-2H3,(H,16,18)(H,19,20). The molecule has 1 atom stereocenters. The molecule has 0 saturated carbocycles. The Morgan fingerprint density at radius 2 is 2.29 bits per heavy atom. The Labute approximate surface area is 125 Å². The predicted molar refractivity (Wildman–Crippen MR) is 81.3 cm³/mol. The van der Waals surface area contributed by atoms with Crippen LogP contribution in [0.2, 0.25) is 0 Å². The summed E-state index contributed by atoms with van der Waals surface area (Å²) in [6.07, 6.45) is 6.38. The average molecular weight is 292 g/mol. The Morgan fingerprint density at radius 3 is 2.90 bits per heavy atom. The number of nitrogens with one attached hydrogen (secondary N) is 2. The number of rotatable bonds is 7. The van der Waals surface area contributed by atoms with E-state index in [1.807, 2.05) is 0 Å². The van der Waals surface area contributed by atoms with Gasteiger partial charge in [0.05, 0.1) is 18.5 Å². The number of aromatic nitrogens is 2. The van der Waals surface area contributed by atoms with Crippen LogP contribution in [0.4, 0.5) is 5.82 Å². The summed E-state index contributed by atoms with van der Waals surface area (Å²) in [5.74, 6) is 1.14. The molecule has 1 unspecified atom stereocenters. The molecule has 0 bridgehead atoms. The molecule has 1 saturated heterocycles. The minimum atomic E-state index is -0.202. The lowest BCUT2D eigenvalue weighted by Gasteiger charge is -2.10. The van der Waals surface area contributed by atoms with E-state index >= 15 is 0 Å². The molecule has 0 aromatic carbocycles. The van der Waals surface area contributed by atoms with Crippen molar-refractivity contribution in [3.05, 3.63) is 18.1 Å². The van der Waals surface area contributed by atoms with Gasteiger partial charge in [-0.15, -0.1) is 0 Å². The Balaban J connectivity index is 1.76. The highest BCUT2D eigenvalue weighted by atomic mass is 16.5. The van der Waals surface area contributed by atoms with E-state index in [4.69, 9.17) is 4.74 Å². The number of hydrogen-bond donors (Lipinski definition) is 2. The van der Waals surface area contributed by atoms with Gasteiger partial charge in [-0.2, -0.15) is 0 Å². The number of hydrogen-bond acceptors (Lipinski definition) is 5. The third kappa shape index (κ3) is 5.30. The lowest BCUT2D eigenvalue weighted by atomic mass is 10.1. The molecule has 1 aromatic heterocycles. The molecule has 1 fully saturated rings. The van der Waals surface area contributed by atoms with E-state index in [9.17, 15) is 4.79 Å². The molecule has 0 aliphatic carbocycles. The maximum absolute atomic E-state index is 11.9. The van der Waals surface area contributed by atoms with Crippen LogP contribution in [0.3, 0.4) is 0 Å². The molecular formula is C15H24N4O2. The molecular weight excluding hydrogens is 268 g/mol. The van der Waals surface area contributed by atoms with Crippen LogP contribution in [-0.2, 0) is 4.74 Å². The normalized spacial score (nSPS) is 18.0. The Morgan fingerprint density at radius 1 is 1.43 bits per heavy atom. The first kappa shape index (κ1) is 15.7. The van der Waals surface area contributed by atoms with Crippen LogP contribution in [0.5, 0.6) is 0 Å². The lowest BCUT2D eigenvalue weighted by molar-refractivity contribution is 0.0853. The van der Waals surface area contributed by atoms with Gasteiger partial charge < -0.3 is 15.4 Å². The smallest absolute Gasteiger partial charge is 0.271 e. The zero-order chi connectivity index (χ0) is 15.1. The molecule has 6 heteroatoms. The summed E-state index contributed by atoms with van der Waals surface area (Å²) >= 11 is 0. The van der Waals surface area contributed by atoms with Crippen LogP contribution in [0, 0.1) is 5.92 Å². The molecule has 0 spiro atoms. The average Bonchev–Trinajstić information content (AvgIpc) is 2.98. The van der Waals surface area contributed by atoms with Crippen molar-refractivity contribution in [3.8, 4) is 0 Å². The van der Waals surface area contributed by atoms with Crippen LogP contribution in [0.15, 0.2) is 12.4 Å². The van der Waals surface area contributed by atoms with Crippen LogP contribution in [-0.4, -0.2) is 41.7 Å². The number of carbonyl (C=O) groups is 1. The Hall–Kier alpha value is -1.69. The minimum Gasteiger partial charge on any atom is -0.376 e. The molecule has 2 rings (SSSR count). The topological polar surface area (TPSA) is 76.1 Å². The predicted octanol–water partition coefficient (Wildman–Crippen LogP) is 1.84. The molecule has 1 aliphatic heterocycles. The van der Waals surface area contributed by atoms with E-state index in [0.717, 1.165) is 32.4 Å². The fourth-order valence-electron chi connectivity index (χ4n) is 2.13. The number of nitrogens with zero attached hydrogens (tertiary/aromatic N) is 2. The second-order valence-electron chi connectivity index (χ2n) is 5.74. The SMILES string of the molecule is CC(C)CCNc1cnc(C(=O)NCC2CCCO2)cn1. The highest BCUT2D eigenvalue weighted by Gasteiger charge is 2.17. The molecule has 0 radical (unpaired) electrons. The maximum atomic E-state index is 11.9.